The van der Waals surface area contributed by atoms with E-state index in [0.717, 1.165) is 12.1 Å². The molecule has 2 aromatic rings. The molecule has 1 heterocycles. The first-order chi connectivity index (χ1) is 9.27. The third kappa shape index (κ3) is 3.16. The number of aryl methyl sites for hydroxylation is 1. The number of halogens is 4. The van der Waals surface area contributed by atoms with Crippen LogP contribution in [0, 0.1) is 6.92 Å². The normalized spacial score (nSPS) is 11.4. The zero-order valence-electron chi connectivity index (χ0n) is 10.0. The zero-order chi connectivity index (χ0) is 14.9. The van der Waals surface area contributed by atoms with Crippen LogP contribution in [-0.4, -0.2) is 21.1 Å². The van der Waals surface area contributed by atoms with Crippen molar-refractivity contribution >= 4 is 27.8 Å². The van der Waals surface area contributed by atoms with Gasteiger partial charge in [0, 0.05) is 4.47 Å². The molecule has 0 saturated heterocycles. The molecule has 9 heteroatoms. The lowest BCUT2D eigenvalue weighted by Crippen LogP contribution is -2.19. The highest BCUT2D eigenvalue weighted by Gasteiger charge is 2.35. The molecule has 0 radical (unpaired) electrons. The molecule has 0 saturated carbocycles. The van der Waals surface area contributed by atoms with Gasteiger partial charge in [-0.1, -0.05) is 15.9 Å². The van der Waals surface area contributed by atoms with Crippen LogP contribution < -0.4 is 5.32 Å². The zero-order valence-corrected chi connectivity index (χ0v) is 11.6. The highest BCUT2D eigenvalue weighted by Crippen LogP contribution is 2.34. The van der Waals surface area contributed by atoms with E-state index in [1.165, 1.54) is 6.07 Å². The summed E-state index contributed by atoms with van der Waals surface area (Å²) in [7, 11) is 0. The summed E-state index contributed by atoms with van der Waals surface area (Å²) in [6.07, 6.45) is -4.63. The highest BCUT2D eigenvalue weighted by molar-refractivity contribution is 9.10. The second-order valence-electron chi connectivity index (χ2n) is 3.89. The third-order valence-electron chi connectivity index (χ3n) is 2.35. The van der Waals surface area contributed by atoms with Crippen molar-refractivity contribution in [1.29, 1.82) is 0 Å². The number of nitrogens with one attached hydrogen (secondary N) is 2. The van der Waals surface area contributed by atoms with Gasteiger partial charge in [0.2, 0.25) is 5.95 Å². The standard InChI is InChI=1S/C11H8BrF3N4O/c1-5-16-10(19-18-5)17-9(20)7-3-2-6(12)4-8(7)11(13,14)15/h2-4H,1H3,(H2,16,17,18,19,20). The maximum atomic E-state index is 12.9. The molecule has 0 aliphatic heterocycles. The van der Waals surface area contributed by atoms with E-state index in [2.05, 4.69) is 36.4 Å². The molecule has 1 amide bonds. The number of hydrogen-bond acceptors (Lipinski definition) is 3. The van der Waals surface area contributed by atoms with E-state index >= 15 is 0 Å². The van der Waals surface area contributed by atoms with Crippen LogP contribution in [0.4, 0.5) is 19.1 Å². The number of amides is 1. The first-order valence-corrected chi connectivity index (χ1v) is 6.14. The Morgan fingerprint density at radius 2 is 2.10 bits per heavy atom. The number of hydrogen-bond donors (Lipinski definition) is 2. The molecule has 2 N–H and O–H groups in total. The van der Waals surface area contributed by atoms with Gasteiger partial charge in [-0.3, -0.25) is 15.2 Å². The fourth-order valence-electron chi connectivity index (χ4n) is 1.52. The number of rotatable bonds is 2. The number of H-pyrrole nitrogens is 1. The molecule has 20 heavy (non-hydrogen) atoms. The molecular weight excluding hydrogens is 341 g/mol. The van der Waals surface area contributed by atoms with Crippen LogP contribution in [0.2, 0.25) is 0 Å². The largest absolute Gasteiger partial charge is 0.417 e. The lowest BCUT2D eigenvalue weighted by molar-refractivity contribution is -0.137. The molecule has 0 aliphatic carbocycles. The topological polar surface area (TPSA) is 70.7 Å². The van der Waals surface area contributed by atoms with Gasteiger partial charge in [0.15, 0.2) is 0 Å². The molecule has 0 bridgehead atoms. The van der Waals surface area contributed by atoms with Crippen molar-refractivity contribution in [2.24, 2.45) is 0 Å². The van der Waals surface area contributed by atoms with Gasteiger partial charge in [-0.15, -0.1) is 5.10 Å². The lowest BCUT2D eigenvalue weighted by Gasteiger charge is -2.12. The molecule has 0 spiro atoms. The van der Waals surface area contributed by atoms with E-state index in [1.807, 2.05) is 0 Å². The van der Waals surface area contributed by atoms with Crippen molar-refractivity contribution in [3.8, 4) is 0 Å². The molecule has 0 atom stereocenters. The minimum Gasteiger partial charge on any atom is -0.289 e. The Balaban J connectivity index is 2.34. The molecule has 1 aromatic carbocycles. The molecule has 1 aromatic heterocycles. The van der Waals surface area contributed by atoms with Gasteiger partial charge >= 0.3 is 6.18 Å². The minimum atomic E-state index is -4.63. The van der Waals surface area contributed by atoms with E-state index in [4.69, 9.17) is 0 Å². The van der Waals surface area contributed by atoms with E-state index < -0.39 is 23.2 Å². The number of benzene rings is 1. The summed E-state index contributed by atoms with van der Waals surface area (Å²) in [5, 5.41) is 8.31. The van der Waals surface area contributed by atoms with Gasteiger partial charge in [-0.25, -0.2) is 0 Å². The first-order valence-electron chi connectivity index (χ1n) is 5.34. The molecule has 0 unspecified atom stereocenters. The predicted octanol–water partition coefficient (Wildman–Crippen LogP) is 3.15. The van der Waals surface area contributed by atoms with Crippen molar-refractivity contribution in [3.63, 3.8) is 0 Å². The second kappa shape index (κ2) is 5.23. The first kappa shape index (κ1) is 14.5. The van der Waals surface area contributed by atoms with Crippen LogP contribution in [-0.2, 0) is 6.18 Å². The molecule has 0 aliphatic rings. The Bertz CT molecular complexity index is 653. The molecule has 0 fully saturated rings. The van der Waals surface area contributed by atoms with Crippen LogP contribution in [0.25, 0.3) is 0 Å². The summed E-state index contributed by atoms with van der Waals surface area (Å²) in [4.78, 5) is 15.7. The van der Waals surface area contributed by atoms with Gasteiger partial charge in [0.1, 0.15) is 5.82 Å². The summed E-state index contributed by atoms with van der Waals surface area (Å²) >= 11 is 2.95. The van der Waals surface area contributed by atoms with Gasteiger partial charge in [-0.05, 0) is 25.1 Å². The number of aromatic nitrogens is 3. The summed E-state index contributed by atoms with van der Waals surface area (Å²) in [6.45, 7) is 1.60. The number of alkyl halides is 3. The summed E-state index contributed by atoms with van der Waals surface area (Å²) in [5.41, 5.74) is -1.53. The third-order valence-corrected chi connectivity index (χ3v) is 2.85. The van der Waals surface area contributed by atoms with E-state index in [0.29, 0.717) is 5.82 Å². The van der Waals surface area contributed by atoms with Crippen LogP contribution in [0.15, 0.2) is 22.7 Å². The van der Waals surface area contributed by atoms with E-state index in [1.54, 1.807) is 6.92 Å². The number of carbonyl (C=O) groups is 1. The molecule has 2 rings (SSSR count). The SMILES string of the molecule is Cc1nc(NC(=O)c2ccc(Br)cc2C(F)(F)F)n[nH]1. The van der Waals surface area contributed by atoms with Gasteiger partial charge in [-0.2, -0.15) is 18.2 Å². The maximum absolute atomic E-state index is 12.9. The lowest BCUT2D eigenvalue weighted by atomic mass is 10.1. The Hall–Kier alpha value is -1.90. The fraction of sp³-hybridized carbons (Fsp3) is 0.182. The predicted molar refractivity (Wildman–Crippen MR) is 68.2 cm³/mol. The van der Waals surface area contributed by atoms with Crippen molar-refractivity contribution in [3.05, 3.63) is 39.6 Å². The van der Waals surface area contributed by atoms with Crippen molar-refractivity contribution in [2.45, 2.75) is 13.1 Å². The Labute approximate surface area is 119 Å². The van der Waals surface area contributed by atoms with Crippen LogP contribution in [0.1, 0.15) is 21.7 Å². The number of anilines is 1. The number of aromatic amines is 1. The van der Waals surface area contributed by atoms with Crippen LogP contribution in [0.3, 0.4) is 0 Å². The summed E-state index contributed by atoms with van der Waals surface area (Å²) < 4.78 is 38.9. The second-order valence-corrected chi connectivity index (χ2v) is 4.80. The summed E-state index contributed by atoms with van der Waals surface area (Å²) in [5.74, 6) is -0.570. The number of nitrogens with zero attached hydrogens (tertiary/aromatic N) is 2. The smallest absolute Gasteiger partial charge is 0.289 e. The average molecular weight is 349 g/mol. The Morgan fingerprint density at radius 1 is 1.40 bits per heavy atom. The van der Waals surface area contributed by atoms with Gasteiger partial charge in [0.25, 0.3) is 5.91 Å². The molecule has 106 valence electrons. The Kier molecular flexibility index (Phi) is 3.80. The maximum Gasteiger partial charge on any atom is 0.417 e. The quantitative estimate of drug-likeness (QED) is 0.875. The van der Waals surface area contributed by atoms with E-state index in [9.17, 15) is 18.0 Å². The van der Waals surface area contributed by atoms with Gasteiger partial charge < -0.3 is 0 Å². The van der Waals surface area contributed by atoms with Crippen LogP contribution in [0.5, 0.6) is 0 Å². The van der Waals surface area contributed by atoms with E-state index in [-0.39, 0.29) is 10.4 Å². The van der Waals surface area contributed by atoms with Crippen molar-refractivity contribution in [1.82, 2.24) is 15.2 Å². The molecule has 5 nitrogen and oxygen atoms in total. The number of carbonyl (C=O) groups excluding carboxylic acids is 1. The summed E-state index contributed by atoms with van der Waals surface area (Å²) in [6, 6.07) is 3.28. The Morgan fingerprint density at radius 3 is 2.65 bits per heavy atom. The van der Waals surface area contributed by atoms with Crippen molar-refractivity contribution < 1.29 is 18.0 Å². The van der Waals surface area contributed by atoms with Crippen LogP contribution >= 0.6 is 15.9 Å². The molecular formula is C11H8BrF3N4O. The highest BCUT2D eigenvalue weighted by atomic mass is 79.9. The minimum absolute atomic E-state index is 0.0801. The van der Waals surface area contributed by atoms with Gasteiger partial charge in [0.05, 0.1) is 11.1 Å². The van der Waals surface area contributed by atoms with Crippen molar-refractivity contribution in [2.75, 3.05) is 5.32 Å². The average Bonchev–Trinajstić information content (AvgIpc) is 2.73. The monoisotopic (exact) mass is 348 g/mol. The fourth-order valence-corrected chi connectivity index (χ4v) is 1.88.